The second kappa shape index (κ2) is 2.24. The van der Waals surface area contributed by atoms with Crippen molar-refractivity contribution in [2.45, 2.75) is 57.3 Å². The Balaban J connectivity index is 2.26. The number of aliphatic hydroxyl groups is 1. The van der Waals surface area contributed by atoms with E-state index in [1.54, 1.807) is 0 Å². The normalized spacial score (nSPS) is 51.0. The topological polar surface area (TPSA) is 29.5 Å². The van der Waals surface area contributed by atoms with Crippen LogP contribution >= 0.6 is 0 Å². The van der Waals surface area contributed by atoms with Crippen LogP contribution in [-0.2, 0) is 4.74 Å². The van der Waals surface area contributed by atoms with Crippen LogP contribution in [-0.4, -0.2) is 22.4 Å². The van der Waals surface area contributed by atoms with Gasteiger partial charge in [-0.2, -0.15) is 0 Å². The van der Waals surface area contributed by atoms with Gasteiger partial charge in [0, 0.05) is 0 Å². The lowest BCUT2D eigenvalue weighted by molar-refractivity contribution is -0.273. The van der Waals surface area contributed by atoms with Gasteiger partial charge in [-0.15, -0.1) is 0 Å². The minimum Gasteiger partial charge on any atom is -0.390 e. The van der Waals surface area contributed by atoms with Crippen molar-refractivity contribution in [2.75, 3.05) is 0 Å². The molecule has 0 aromatic heterocycles. The van der Waals surface area contributed by atoms with Crippen molar-refractivity contribution < 1.29 is 9.84 Å². The largest absolute Gasteiger partial charge is 0.390 e. The van der Waals surface area contributed by atoms with Crippen LogP contribution in [0.4, 0.5) is 0 Å². The zero-order valence-corrected chi connectivity index (χ0v) is 8.13. The number of aliphatic hydroxyl groups excluding tert-OH is 1. The second-order valence-corrected chi connectivity index (χ2v) is 5.01. The molecule has 0 radical (unpaired) electrons. The second-order valence-electron chi connectivity index (χ2n) is 5.01. The van der Waals surface area contributed by atoms with Crippen molar-refractivity contribution in [3.63, 3.8) is 0 Å². The maximum Gasteiger partial charge on any atom is 0.0919 e. The fourth-order valence-corrected chi connectivity index (χ4v) is 2.70. The van der Waals surface area contributed by atoms with Gasteiger partial charge >= 0.3 is 0 Å². The molecule has 1 saturated carbocycles. The number of rotatable bonds is 0. The lowest BCUT2D eigenvalue weighted by atomic mass is 9.67. The summed E-state index contributed by atoms with van der Waals surface area (Å²) in [4.78, 5) is 0. The molecule has 70 valence electrons. The molecule has 0 unspecified atom stereocenters. The van der Waals surface area contributed by atoms with Crippen molar-refractivity contribution in [3.8, 4) is 0 Å². The molecule has 3 atom stereocenters. The van der Waals surface area contributed by atoms with Gasteiger partial charge < -0.3 is 9.84 Å². The van der Waals surface area contributed by atoms with Gasteiger partial charge in [-0.05, 0) is 46.0 Å². The van der Waals surface area contributed by atoms with Crippen LogP contribution in [0.2, 0.25) is 0 Å². The van der Waals surface area contributed by atoms with Crippen LogP contribution in [0.25, 0.3) is 0 Å². The summed E-state index contributed by atoms with van der Waals surface area (Å²) in [5.41, 5.74) is -0.287. The number of hydrogen-bond acceptors (Lipinski definition) is 2. The predicted octanol–water partition coefficient (Wildman–Crippen LogP) is 1.71. The summed E-state index contributed by atoms with van der Waals surface area (Å²) < 4.78 is 5.92. The quantitative estimate of drug-likeness (QED) is 0.599. The summed E-state index contributed by atoms with van der Waals surface area (Å²) in [5, 5.41) is 9.77. The van der Waals surface area contributed by atoms with Gasteiger partial charge in [-0.25, -0.2) is 0 Å². The molecule has 3 aliphatic rings. The summed E-state index contributed by atoms with van der Waals surface area (Å²) in [6, 6.07) is 0. The molecule has 3 rings (SSSR count). The minimum absolute atomic E-state index is 0.0216. The predicted molar refractivity (Wildman–Crippen MR) is 46.9 cm³/mol. The molecule has 1 N–H and O–H groups in total. The Morgan fingerprint density at radius 1 is 1.33 bits per heavy atom. The Morgan fingerprint density at radius 3 is 2.33 bits per heavy atom. The highest BCUT2D eigenvalue weighted by atomic mass is 16.5. The molecule has 2 heteroatoms. The minimum atomic E-state index is -0.266. The molecule has 0 amide bonds. The van der Waals surface area contributed by atoms with E-state index in [-0.39, 0.29) is 17.3 Å². The summed E-state index contributed by atoms with van der Waals surface area (Å²) in [6.45, 7) is 6.32. The maximum absolute atomic E-state index is 9.77. The first-order valence-electron chi connectivity index (χ1n) is 4.82. The lowest BCUT2D eigenvalue weighted by Gasteiger charge is -2.56. The Kier molecular flexibility index (Phi) is 1.59. The molecule has 0 aromatic carbocycles. The van der Waals surface area contributed by atoms with E-state index in [0.29, 0.717) is 5.92 Å². The van der Waals surface area contributed by atoms with Crippen LogP contribution in [0.5, 0.6) is 0 Å². The molecule has 0 spiro atoms. The summed E-state index contributed by atoms with van der Waals surface area (Å²) in [5.74, 6) is 0.550. The SMILES string of the molecule is CC1(C)O[C@]2(C)CC[C@@H]1C[C@H]2O. The standard InChI is InChI=1S/C10H18O2/c1-9(2)7-4-5-10(3,12-9)8(11)6-7/h7-8,11H,4-6H2,1-3H3/t7-,8-,10-/m1/s1. The van der Waals surface area contributed by atoms with Gasteiger partial charge in [0.15, 0.2) is 0 Å². The highest BCUT2D eigenvalue weighted by Gasteiger charge is 2.53. The summed E-state index contributed by atoms with van der Waals surface area (Å²) in [7, 11) is 0. The van der Waals surface area contributed by atoms with Gasteiger partial charge in [0.25, 0.3) is 0 Å². The third-order valence-corrected chi connectivity index (χ3v) is 3.68. The van der Waals surface area contributed by atoms with Crippen LogP contribution in [0.1, 0.15) is 40.0 Å². The fourth-order valence-electron chi connectivity index (χ4n) is 2.70. The molecule has 2 nitrogen and oxygen atoms in total. The van der Waals surface area contributed by atoms with Crippen molar-refractivity contribution in [3.05, 3.63) is 0 Å². The molecule has 0 aromatic rings. The van der Waals surface area contributed by atoms with Crippen molar-refractivity contribution in [2.24, 2.45) is 5.92 Å². The zero-order chi connectivity index (χ0) is 8.98. The van der Waals surface area contributed by atoms with Crippen LogP contribution < -0.4 is 0 Å². The molecule has 12 heavy (non-hydrogen) atoms. The molecule has 2 heterocycles. The highest BCUT2D eigenvalue weighted by Crippen LogP contribution is 2.49. The van der Waals surface area contributed by atoms with Gasteiger partial charge in [0.2, 0.25) is 0 Å². The van der Waals surface area contributed by atoms with E-state index in [9.17, 15) is 5.11 Å². The van der Waals surface area contributed by atoms with Crippen LogP contribution in [0.3, 0.4) is 0 Å². The van der Waals surface area contributed by atoms with Crippen LogP contribution in [0.15, 0.2) is 0 Å². The number of fused-ring (bicyclic) bond motifs is 3. The maximum atomic E-state index is 9.77. The summed E-state index contributed by atoms with van der Waals surface area (Å²) >= 11 is 0. The molecule has 3 fully saturated rings. The first-order valence-corrected chi connectivity index (χ1v) is 4.82. The Bertz CT molecular complexity index is 200. The van der Waals surface area contributed by atoms with Gasteiger partial charge in [-0.1, -0.05) is 0 Å². The molecule has 2 saturated heterocycles. The zero-order valence-electron chi connectivity index (χ0n) is 8.13. The highest BCUT2D eigenvalue weighted by molar-refractivity contribution is 5.02. The van der Waals surface area contributed by atoms with Gasteiger partial charge in [0.1, 0.15) is 0 Å². The third kappa shape index (κ3) is 1.01. The van der Waals surface area contributed by atoms with Crippen molar-refractivity contribution in [1.29, 1.82) is 0 Å². The monoisotopic (exact) mass is 170 g/mol. The first-order chi connectivity index (χ1) is 5.44. The number of hydrogen-bond donors (Lipinski definition) is 1. The molecule has 2 bridgehead atoms. The van der Waals surface area contributed by atoms with Crippen molar-refractivity contribution >= 4 is 0 Å². The van der Waals surface area contributed by atoms with E-state index in [2.05, 4.69) is 13.8 Å². The molecular weight excluding hydrogens is 152 g/mol. The smallest absolute Gasteiger partial charge is 0.0919 e. The van der Waals surface area contributed by atoms with Crippen molar-refractivity contribution in [1.82, 2.24) is 0 Å². The summed E-state index contributed by atoms with van der Waals surface area (Å²) in [6.07, 6.45) is 2.90. The molecule has 2 aliphatic heterocycles. The van der Waals surface area contributed by atoms with E-state index in [0.717, 1.165) is 12.8 Å². The molecule has 1 aliphatic carbocycles. The van der Waals surface area contributed by atoms with E-state index in [1.165, 1.54) is 6.42 Å². The Morgan fingerprint density at radius 2 is 2.00 bits per heavy atom. The van der Waals surface area contributed by atoms with E-state index >= 15 is 0 Å². The Hall–Kier alpha value is -0.0800. The third-order valence-electron chi connectivity index (χ3n) is 3.68. The lowest BCUT2D eigenvalue weighted by Crippen LogP contribution is -2.61. The fraction of sp³-hybridized carbons (Fsp3) is 1.00. The average Bonchev–Trinajstić information content (AvgIpc) is 1.91. The Labute approximate surface area is 73.9 Å². The van der Waals surface area contributed by atoms with E-state index in [4.69, 9.17) is 4.74 Å². The van der Waals surface area contributed by atoms with Crippen LogP contribution in [0, 0.1) is 5.92 Å². The van der Waals surface area contributed by atoms with E-state index in [1.807, 2.05) is 6.92 Å². The first kappa shape index (κ1) is 8.52. The molecular formula is C10H18O2. The van der Waals surface area contributed by atoms with Gasteiger partial charge in [-0.3, -0.25) is 0 Å². The van der Waals surface area contributed by atoms with Gasteiger partial charge in [0.05, 0.1) is 17.3 Å². The van der Waals surface area contributed by atoms with E-state index < -0.39 is 0 Å². The average molecular weight is 170 g/mol. The number of ether oxygens (including phenoxy) is 1.